The Bertz CT molecular complexity index is 1850. The molecule has 4 aromatic heterocycles. The maximum Gasteiger partial charge on any atom is 0.295 e. The number of hydrogen-bond donors (Lipinski definition) is 1. The molecule has 218 valence electrons. The van der Waals surface area contributed by atoms with E-state index in [9.17, 15) is 9.59 Å². The topological polar surface area (TPSA) is 145 Å². The quantitative estimate of drug-likeness (QED) is 0.219. The first kappa shape index (κ1) is 26.7. The van der Waals surface area contributed by atoms with E-state index in [0.717, 1.165) is 29.6 Å². The first-order valence-electron chi connectivity index (χ1n) is 14.4. The third kappa shape index (κ3) is 4.78. The Morgan fingerprint density at radius 2 is 1.86 bits per heavy atom. The number of hydrogen-bond acceptors (Lipinski definition) is 9. The minimum atomic E-state index is -0.616. The molecule has 1 aromatic carbocycles. The van der Waals surface area contributed by atoms with Crippen LogP contribution in [0.25, 0.3) is 22.3 Å². The number of likely N-dealkylation sites (tertiary alicyclic amines) is 1. The number of H-pyrrole nitrogens is 1. The van der Waals surface area contributed by atoms with E-state index in [-0.39, 0.29) is 5.56 Å². The zero-order valence-corrected chi connectivity index (χ0v) is 23.9. The van der Waals surface area contributed by atoms with E-state index in [1.807, 2.05) is 30.3 Å². The number of rotatable bonds is 7. The molecule has 5 aromatic rings. The average molecular weight is 579 g/mol. The van der Waals surface area contributed by atoms with Gasteiger partial charge in [-0.15, -0.1) is 10.2 Å². The fourth-order valence-electron chi connectivity index (χ4n) is 5.79. The van der Waals surface area contributed by atoms with Crippen LogP contribution >= 0.6 is 0 Å². The summed E-state index contributed by atoms with van der Waals surface area (Å²) in [5.74, 6) is 1.77. The number of ketones is 1. The Hall–Kier alpha value is -5.13. The lowest BCUT2D eigenvalue weighted by Gasteiger charge is -2.29. The number of nitrogens with zero attached hydrogens (tertiary/aromatic N) is 7. The molecule has 12 nitrogen and oxygen atoms in total. The van der Waals surface area contributed by atoms with E-state index < -0.39 is 11.7 Å². The summed E-state index contributed by atoms with van der Waals surface area (Å²) in [6.45, 7) is 2.56. The lowest BCUT2D eigenvalue weighted by Crippen LogP contribution is -2.40. The SMILES string of the molecule is COc1cnc(-n2cnc(C)n2)c2[nH]cc(C(=O)C(=O)N3CCC(=C(c4ccccc4)c4nnc(C5CCC5)o4)CC3)c12. The van der Waals surface area contributed by atoms with Crippen LogP contribution in [0.3, 0.4) is 0 Å². The monoisotopic (exact) mass is 578 g/mol. The third-order valence-electron chi connectivity index (χ3n) is 8.32. The van der Waals surface area contributed by atoms with Gasteiger partial charge in [0.15, 0.2) is 5.82 Å². The number of Topliss-reactive ketones (excluding diaryl/α,β-unsaturated/α-hetero) is 1. The highest BCUT2D eigenvalue weighted by Gasteiger charge is 2.32. The van der Waals surface area contributed by atoms with Crippen molar-refractivity contribution in [3.63, 3.8) is 0 Å². The summed E-state index contributed by atoms with van der Waals surface area (Å²) in [5.41, 5.74) is 3.78. The summed E-state index contributed by atoms with van der Waals surface area (Å²) in [6.07, 6.45) is 9.09. The van der Waals surface area contributed by atoms with Gasteiger partial charge in [-0.25, -0.2) is 14.6 Å². The van der Waals surface area contributed by atoms with Gasteiger partial charge < -0.3 is 19.0 Å². The molecule has 1 N–H and O–H groups in total. The van der Waals surface area contributed by atoms with Crippen LogP contribution in [0.15, 0.2) is 59.0 Å². The summed E-state index contributed by atoms with van der Waals surface area (Å²) in [6, 6.07) is 10.0. The maximum absolute atomic E-state index is 13.6. The standard InChI is InChI=1S/C31H30N8O4/c1-18-34-17-39(37-18)28-26-25(23(42-2)16-33-28)22(15-32-26)27(40)31(41)38-13-11-20(12-14-38)24(19-7-4-3-5-8-19)30-36-35-29(43-30)21-9-6-10-21/h3-5,7-8,15-17,21,32H,6,9-14H2,1-2H3. The predicted octanol–water partition coefficient (Wildman–Crippen LogP) is 4.42. The van der Waals surface area contributed by atoms with Crippen LogP contribution in [0.2, 0.25) is 0 Å². The van der Waals surface area contributed by atoms with Gasteiger partial charge in [-0.05, 0) is 38.2 Å². The summed E-state index contributed by atoms with van der Waals surface area (Å²) >= 11 is 0. The second-order valence-electron chi connectivity index (χ2n) is 10.9. The Morgan fingerprint density at radius 1 is 1.07 bits per heavy atom. The number of carbonyl (C=O) groups is 2. The Labute approximate surface area is 246 Å². The molecule has 0 spiro atoms. The molecular formula is C31H30N8O4. The van der Waals surface area contributed by atoms with Gasteiger partial charge in [0, 0.05) is 30.8 Å². The van der Waals surface area contributed by atoms with Crippen molar-refractivity contribution >= 4 is 28.2 Å². The number of piperidine rings is 1. The Morgan fingerprint density at radius 3 is 2.53 bits per heavy atom. The zero-order chi connectivity index (χ0) is 29.5. The lowest BCUT2D eigenvalue weighted by molar-refractivity contribution is -0.126. The summed E-state index contributed by atoms with van der Waals surface area (Å²) in [7, 11) is 1.50. The van der Waals surface area contributed by atoms with Gasteiger partial charge in [-0.2, -0.15) is 5.10 Å². The van der Waals surface area contributed by atoms with Crippen LogP contribution in [0.4, 0.5) is 0 Å². The average Bonchev–Trinajstić information content (AvgIpc) is 3.77. The number of fused-ring (bicyclic) bond motifs is 1. The van der Waals surface area contributed by atoms with Crippen LogP contribution in [-0.2, 0) is 4.79 Å². The number of nitrogens with one attached hydrogen (secondary N) is 1. The minimum absolute atomic E-state index is 0.220. The number of aromatic nitrogens is 7. The number of benzene rings is 1. The van der Waals surface area contributed by atoms with Crippen LogP contribution in [-0.4, -0.2) is 71.7 Å². The second-order valence-corrected chi connectivity index (χ2v) is 10.9. The second kappa shape index (κ2) is 10.9. The molecule has 7 rings (SSSR count). The van der Waals surface area contributed by atoms with Crippen molar-refractivity contribution in [2.45, 2.75) is 44.9 Å². The van der Waals surface area contributed by atoms with E-state index >= 15 is 0 Å². The third-order valence-corrected chi connectivity index (χ3v) is 8.32. The van der Waals surface area contributed by atoms with Crippen LogP contribution in [0.5, 0.6) is 5.75 Å². The van der Waals surface area contributed by atoms with Crippen LogP contribution < -0.4 is 4.74 Å². The molecule has 12 heteroatoms. The maximum atomic E-state index is 13.6. The zero-order valence-electron chi connectivity index (χ0n) is 23.9. The molecule has 1 aliphatic heterocycles. The smallest absolute Gasteiger partial charge is 0.295 e. The lowest BCUT2D eigenvalue weighted by atomic mass is 9.85. The summed E-state index contributed by atoms with van der Waals surface area (Å²) in [4.78, 5) is 40.5. The number of amides is 1. The number of carbonyl (C=O) groups excluding carboxylic acids is 2. The molecule has 2 aliphatic rings. The van der Waals surface area contributed by atoms with E-state index in [2.05, 4.69) is 30.2 Å². The molecule has 1 saturated carbocycles. The first-order chi connectivity index (χ1) is 21.0. The number of methoxy groups -OCH3 is 1. The van der Waals surface area contributed by atoms with E-state index in [4.69, 9.17) is 9.15 Å². The largest absolute Gasteiger partial charge is 0.494 e. The molecule has 0 bridgehead atoms. The van der Waals surface area contributed by atoms with Gasteiger partial charge in [0.25, 0.3) is 11.7 Å². The van der Waals surface area contributed by atoms with Gasteiger partial charge in [0.1, 0.15) is 17.9 Å². The molecule has 2 fully saturated rings. The normalized spacial score (nSPS) is 15.5. The van der Waals surface area contributed by atoms with Crippen molar-refractivity contribution in [3.8, 4) is 11.6 Å². The minimum Gasteiger partial charge on any atom is -0.494 e. The Kier molecular flexibility index (Phi) is 6.80. The van der Waals surface area contributed by atoms with Gasteiger partial charge in [-0.3, -0.25) is 9.59 Å². The summed E-state index contributed by atoms with van der Waals surface area (Å²) < 4.78 is 13.2. The van der Waals surface area contributed by atoms with Gasteiger partial charge in [0.05, 0.1) is 29.8 Å². The van der Waals surface area contributed by atoms with Crippen molar-refractivity contribution in [3.05, 3.63) is 83.4 Å². The van der Waals surface area contributed by atoms with Crippen LogP contribution in [0, 0.1) is 6.92 Å². The highest BCUT2D eigenvalue weighted by atomic mass is 16.5. The van der Waals surface area contributed by atoms with Crippen molar-refractivity contribution in [1.29, 1.82) is 0 Å². The molecule has 0 atom stereocenters. The van der Waals surface area contributed by atoms with E-state index in [1.54, 1.807) is 18.2 Å². The fraction of sp³-hybridized carbons (Fsp3) is 0.323. The first-order valence-corrected chi connectivity index (χ1v) is 14.4. The number of aryl methyl sites for hydroxylation is 1. The van der Waals surface area contributed by atoms with Gasteiger partial charge in [-0.1, -0.05) is 42.3 Å². The molecule has 5 heterocycles. The fourth-order valence-corrected chi connectivity index (χ4v) is 5.79. The predicted molar refractivity (Wildman–Crippen MR) is 156 cm³/mol. The van der Waals surface area contributed by atoms with Crippen molar-refractivity contribution in [2.24, 2.45) is 0 Å². The molecule has 1 aliphatic carbocycles. The molecule has 1 amide bonds. The molecule has 0 radical (unpaired) electrons. The Balaban J connectivity index is 1.15. The highest BCUT2D eigenvalue weighted by Crippen LogP contribution is 2.38. The van der Waals surface area contributed by atoms with Crippen molar-refractivity contribution in [2.75, 3.05) is 20.2 Å². The number of aromatic amines is 1. The molecule has 0 unspecified atom stereocenters. The van der Waals surface area contributed by atoms with Gasteiger partial charge >= 0.3 is 0 Å². The van der Waals surface area contributed by atoms with Gasteiger partial charge in [0.2, 0.25) is 11.8 Å². The van der Waals surface area contributed by atoms with E-state index in [1.165, 1.54) is 30.6 Å². The number of ether oxygens (including phenoxy) is 1. The molecule has 1 saturated heterocycles. The van der Waals surface area contributed by atoms with E-state index in [0.29, 0.717) is 71.9 Å². The highest BCUT2D eigenvalue weighted by molar-refractivity contribution is 6.45. The van der Waals surface area contributed by atoms with Crippen molar-refractivity contribution < 1.29 is 18.7 Å². The number of pyridine rings is 1. The molecule has 43 heavy (non-hydrogen) atoms. The molecular weight excluding hydrogens is 548 g/mol. The van der Waals surface area contributed by atoms with Crippen LogP contribution in [0.1, 0.15) is 71.5 Å². The van der Waals surface area contributed by atoms with Crippen molar-refractivity contribution in [1.82, 2.24) is 39.8 Å². The summed E-state index contributed by atoms with van der Waals surface area (Å²) in [5, 5.41) is 13.6.